The van der Waals surface area contributed by atoms with Gasteiger partial charge in [0.25, 0.3) is 0 Å². The monoisotopic (exact) mass is 245 g/mol. The lowest BCUT2D eigenvalue weighted by molar-refractivity contribution is 0.0516. The number of nitrogens with one attached hydrogen (secondary N) is 1. The molecule has 1 aliphatic carbocycles. The van der Waals surface area contributed by atoms with Crippen molar-refractivity contribution in [3.8, 4) is 0 Å². The fourth-order valence-electron chi connectivity index (χ4n) is 1.73. The van der Waals surface area contributed by atoms with Crippen molar-refractivity contribution >= 4 is 0 Å². The standard InChI is InChI=1S/C13H27NO3/c1-12(13-4-5-13)14-6-9-16-7-3-8-17-11-10-15-2/h12-14H,3-11H2,1-2H3. The Morgan fingerprint density at radius 3 is 2.41 bits per heavy atom. The van der Waals surface area contributed by atoms with Crippen LogP contribution in [0, 0.1) is 5.92 Å². The highest BCUT2D eigenvalue weighted by Gasteiger charge is 2.26. The molecule has 17 heavy (non-hydrogen) atoms. The van der Waals surface area contributed by atoms with E-state index in [2.05, 4.69) is 12.2 Å². The zero-order valence-electron chi connectivity index (χ0n) is 11.2. The molecule has 0 radical (unpaired) electrons. The largest absolute Gasteiger partial charge is 0.382 e. The maximum atomic E-state index is 5.52. The third kappa shape index (κ3) is 8.55. The number of hydrogen-bond acceptors (Lipinski definition) is 4. The number of hydrogen-bond donors (Lipinski definition) is 1. The van der Waals surface area contributed by atoms with Gasteiger partial charge >= 0.3 is 0 Å². The van der Waals surface area contributed by atoms with E-state index < -0.39 is 0 Å². The maximum Gasteiger partial charge on any atom is 0.0700 e. The minimum Gasteiger partial charge on any atom is -0.382 e. The molecule has 1 saturated carbocycles. The van der Waals surface area contributed by atoms with E-state index in [1.807, 2.05) is 0 Å². The van der Waals surface area contributed by atoms with Crippen molar-refractivity contribution in [2.24, 2.45) is 5.92 Å². The van der Waals surface area contributed by atoms with Crippen LogP contribution in [-0.4, -0.2) is 52.7 Å². The molecule has 1 unspecified atom stereocenters. The van der Waals surface area contributed by atoms with E-state index in [0.29, 0.717) is 19.3 Å². The van der Waals surface area contributed by atoms with E-state index >= 15 is 0 Å². The Morgan fingerprint density at radius 1 is 1.06 bits per heavy atom. The molecule has 0 spiro atoms. The van der Waals surface area contributed by atoms with E-state index in [-0.39, 0.29) is 0 Å². The molecule has 0 aromatic heterocycles. The van der Waals surface area contributed by atoms with E-state index in [1.165, 1.54) is 12.8 Å². The van der Waals surface area contributed by atoms with Crippen LogP contribution in [0.1, 0.15) is 26.2 Å². The van der Waals surface area contributed by atoms with Gasteiger partial charge in [-0.1, -0.05) is 0 Å². The van der Waals surface area contributed by atoms with Crippen LogP contribution in [0.2, 0.25) is 0 Å². The first-order valence-electron chi connectivity index (χ1n) is 6.72. The van der Waals surface area contributed by atoms with Gasteiger partial charge in [0.15, 0.2) is 0 Å². The average molecular weight is 245 g/mol. The molecule has 0 bridgehead atoms. The molecule has 0 amide bonds. The van der Waals surface area contributed by atoms with Crippen molar-refractivity contribution in [3.63, 3.8) is 0 Å². The van der Waals surface area contributed by atoms with Crippen molar-refractivity contribution in [2.45, 2.75) is 32.2 Å². The highest BCUT2D eigenvalue weighted by atomic mass is 16.5. The van der Waals surface area contributed by atoms with Gasteiger partial charge in [0, 0.05) is 32.9 Å². The van der Waals surface area contributed by atoms with Crippen molar-refractivity contribution < 1.29 is 14.2 Å². The van der Waals surface area contributed by atoms with Gasteiger partial charge in [0.05, 0.1) is 19.8 Å². The first-order valence-corrected chi connectivity index (χ1v) is 6.72. The summed E-state index contributed by atoms with van der Waals surface area (Å²) in [7, 11) is 1.68. The SMILES string of the molecule is COCCOCCCOCCNC(C)C1CC1. The second-order valence-corrected chi connectivity index (χ2v) is 4.65. The third-order valence-electron chi connectivity index (χ3n) is 3.05. The van der Waals surface area contributed by atoms with Crippen molar-refractivity contribution in [1.29, 1.82) is 0 Å². The van der Waals surface area contributed by atoms with Crippen molar-refractivity contribution in [3.05, 3.63) is 0 Å². The van der Waals surface area contributed by atoms with Crippen LogP contribution in [-0.2, 0) is 14.2 Å². The summed E-state index contributed by atoms with van der Waals surface area (Å²) in [5, 5.41) is 3.49. The summed E-state index contributed by atoms with van der Waals surface area (Å²) in [6.45, 7) is 6.92. The van der Waals surface area contributed by atoms with Crippen LogP contribution < -0.4 is 5.32 Å². The van der Waals surface area contributed by atoms with E-state index in [4.69, 9.17) is 14.2 Å². The molecular formula is C13H27NO3. The predicted octanol–water partition coefficient (Wildman–Crippen LogP) is 1.44. The van der Waals surface area contributed by atoms with Gasteiger partial charge in [-0.15, -0.1) is 0 Å². The maximum absolute atomic E-state index is 5.52. The Bertz CT molecular complexity index is 174. The lowest BCUT2D eigenvalue weighted by Crippen LogP contribution is -2.31. The topological polar surface area (TPSA) is 39.7 Å². The smallest absolute Gasteiger partial charge is 0.0700 e. The normalized spacial score (nSPS) is 17.3. The van der Waals surface area contributed by atoms with Crippen LogP contribution in [0.15, 0.2) is 0 Å². The predicted molar refractivity (Wildman–Crippen MR) is 68.3 cm³/mol. The summed E-state index contributed by atoms with van der Waals surface area (Å²) in [5.41, 5.74) is 0. The van der Waals surface area contributed by atoms with Gasteiger partial charge in [-0.25, -0.2) is 0 Å². The van der Waals surface area contributed by atoms with Crippen molar-refractivity contribution in [2.75, 3.05) is 46.7 Å². The lowest BCUT2D eigenvalue weighted by atomic mass is 10.2. The Kier molecular flexibility index (Phi) is 8.61. The molecule has 102 valence electrons. The summed E-state index contributed by atoms with van der Waals surface area (Å²) in [5.74, 6) is 0.921. The molecule has 4 heteroatoms. The first kappa shape index (κ1) is 14.9. The number of ether oxygens (including phenoxy) is 3. The summed E-state index contributed by atoms with van der Waals surface area (Å²) >= 11 is 0. The lowest BCUT2D eigenvalue weighted by Gasteiger charge is -2.12. The fraction of sp³-hybridized carbons (Fsp3) is 1.00. The molecule has 1 atom stereocenters. The van der Waals surface area contributed by atoms with Gasteiger partial charge in [-0.05, 0) is 32.1 Å². The second kappa shape index (κ2) is 9.83. The second-order valence-electron chi connectivity index (χ2n) is 4.65. The minimum atomic E-state index is 0.663. The summed E-state index contributed by atoms with van der Waals surface area (Å²) in [6.07, 6.45) is 3.75. The summed E-state index contributed by atoms with van der Waals surface area (Å²) < 4.78 is 15.7. The number of rotatable bonds is 12. The molecule has 1 N–H and O–H groups in total. The van der Waals surface area contributed by atoms with Crippen LogP contribution in [0.25, 0.3) is 0 Å². The quantitative estimate of drug-likeness (QED) is 0.528. The molecule has 0 aromatic carbocycles. The molecule has 0 aromatic rings. The number of methoxy groups -OCH3 is 1. The molecular weight excluding hydrogens is 218 g/mol. The molecule has 4 nitrogen and oxygen atoms in total. The molecule has 0 saturated heterocycles. The van der Waals surface area contributed by atoms with E-state index in [1.54, 1.807) is 7.11 Å². The molecule has 1 aliphatic rings. The van der Waals surface area contributed by atoms with Crippen LogP contribution in [0.5, 0.6) is 0 Å². The van der Waals surface area contributed by atoms with Gasteiger partial charge in [0.2, 0.25) is 0 Å². The zero-order valence-corrected chi connectivity index (χ0v) is 11.2. The summed E-state index contributed by atoms with van der Waals surface area (Å²) in [4.78, 5) is 0. The summed E-state index contributed by atoms with van der Waals surface area (Å²) in [6, 6.07) is 0.663. The Labute approximate surface area is 105 Å². The highest BCUT2D eigenvalue weighted by molar-refractivity contribution is 4.82. The molecule has 1 fully saturated rings. The third-order valence-corrected chi connectivity index (χ3v) is 3.05. The van der Waals surface area contributed by atoms with Gasteiger partial charge in [0.1, 0.15) is 0 Å². The first-order chi connectivity index (χ1) is 8.34. The Hall–Kier alpha value is -0.160. The highest BCUT2D eigenvalue weighted by Crippen LogP contribution is 2.32. The molecule has 1 rings (SSSR count). The Balaban J connectivity index is 1.69. The van der Waals surface area contributed by atoms with Crippen molar-refractivity contribution in [1.82, 2.24) is 5.32 Å². The minimum absolute atomic E-state index is 0.663. The Morgan fingerprint density at radius 2 is 1.76 bits per heavy atom. The molecule has 0 aliphatic heterocycles. The van der Waals surface area contributed by atoms with Gasteiger partial charge in [-0.2, -0.15) is 0 Å². The zero-order chi connectivity index (χ0) is 12.3. The van der Waals surface area contributed by atoms with Crippen LogP contribution in [0.4, 0.5) is 0 Å². The molecule has 0 heterocycles. The average Bonchev–Trinajstić information content (AvgIpc) is 3.15. The fourth-order valence-corrected chi connectivity index (χ4v) is 1.73. The van der Waals surface area contributed by atoms with Crippen LogP contribution >= 0.6 is 0 Å². The van der Waals surface area contributed by atoms with Gasteiger partial charge in [-0.3, -0.25) is 0 Å². The van der Waals surface area contributed by atoms with Crippen LogP contribution in [0.3, 0.4) is 0 Å². The van der Waals surface area contributed by atoms with E-state index in [0.717, 1.165) is 38.7 Å². The van der Waals surface area contributed by atoms with E-state index in [9.17, 15) is 0 Å². The van der Waals surface area contributed by atoms with Gasteiger partial charge < -0.3 is 19.5 Å².